The van der Waals surface area contributed by atoms with Gasteiger partial charge in [-0.3, -0.25) is 4.79 Å². The summed E-state index contributed by atoms with van der Waals surface area (Å²) in [4.78, 5) is 28.0. The molecule has 0 bridgehead atoms. The second-order valence-corrected chi connectivity index (χ2v) is 9.01. The zero-order chi connectivity index (χ0) is 22.8. The number of carbonyl (C=O) groups excluding carboxylic acids is 2. The van der Waals surface area contributed by atoms with Gasteiger partial charge in [0.25, 0.3) is 0 Å². The van der Waals surface area contributed by atoms with Gasteiger partial charge in [0.05, 0.1) is 19.2 Å². The molecule has 1 heterocycles. The smallest absolute Gasteiger partial charge is 0.336 e. The maximum atomic E-state index is 13.2. The number of nitrogens with zero attached hydrogens (tertiary/aromatic N) is 1. The SMILES string of the molecule is COc1ccc(CN2C(=O)C[C@H](c3ccccc3Cl)C(C(=O)OC(C)(C)C)=C2C)cc1. The Hall–Kier alpha value is -2.79. The maximum absolute atomic E-state index is 13.2. The quantitative estimate of drug-likeness (QED) is 0.576. The number of rotatable bonds is 5. The highest BCUT2D eigenvalue weighted by Crippen LogP contribution is 2.40. The van der Waals surface area contributed by atoms with Crippen molar-refractivity contribution >= 4 is 23.5 Å². The van der Waals surface area contributed by atoms with E-state index in [-0.39, 0.29) is 12.3 Å². The van der Waals surface area contributed by atoms with Crippen LogP contribution in [0.2, 0.25) is 5.02 Å². The molecule has 31 heavy (non-hydrogen) atoms. The van der Waals surface area contributed by atoms with Crippen LogP contribution in [0, 0.1) is 0 Å². The third kappa shape index (κ3) is 5.28. The van der Waals surface area contributed by atoms with Crippen LogP contribution in [0.15, 0.2) is 59.8 Å². The van der Waals surface area contributed by atoms with Crippen LogP contribution in [-0.4, -0.2) is 29.5 Å². The van der Waals surface area contributed by atoms with Gasteiger partial charge >= 0.3 is 5.97 Å². The molecular formula is C25H28ClNO4. The Morgan fingerprint density at radius 3 is 2.35 bits per heavy atom. The molecule has 0 saturated carbocycles. The number of halogens is 1. The Labute approximate surface area is 188 Å². The van der Waals surface area contributed by atoms with E-state index in [1.54, 1.807) is 25.0 Å². The summed E-state index contributed by atoms with van der Waals surface area (Å²) >= 11 is 6.44. The number of benzene rings is 2. The Balaban J connectivity index is 2.04. The van der Waals surface area contributed by atoms with Crippen LogP contribution in [0.5, 0.6) is 5.75 Å². The van der Waals surface area contributed by atoms with Crippen LogP contribution in [0.4, 0.5) is 0 Å². The lowest BCUT2D eigenvalue weighted by Crippen LogP contribution is -2.39. The van der Waals surface area contributed by atoms with Crippen molar-refractivity contribution in [2.45, 2.75) is 52.2 Å². The van der Waals surface area contributed by atoms with E-state index in [9.17, 15) is 9.59 Å². The van der Waals surface area contributed by atoms with Crippen LogP contribution < -0.4 is 4.74 Å². The molecule has 5 nitrogen and oxygen atoms in total. The lowest BCUT2D eigenvalue weighted by molar-refractivity contribution is -0.150. The molecule has 164 valence electrons. The number of methoxy groups -OCH3 is 1. The van der Waals surface area contributed by atoms with Crippen LogP contribution in [0.3, 0.4) is 0 Å². The van der Waals surface area contributed by atoms with Gasteiger partial charge in [-0.2, -0.15) is 0 Å². The first-order valence-electron chi connectivity index (χ1n) is 10.2. The Morgan fingerprint density at radius 2 is 1.77 bits per heavy atom. The van der Waals surface area contributed by atoms with Crippen molar-refractivity contribution in [1.29, 1.82) is 0 Å². The van der Waals surface area contributed by atoms with E-state index in [2.05, 4.69) is 0 Å². The molecule has 3 rings (SSSR count). The molecule has 2 aromatic rings. The maximum Gasteiger partial charge on any atom is 0.336 e. The van der Waals surface area contributed by atoms with Crippen molar-refractivity contribution in [3.05, 3.63) is 76.0 Å². The molecule has 0 unspecified atom stereocenters. The second kappa shape index (κ2) is 9.15. The average Bonchev–Trinajstić information content (AvgIpc) is 2.70. The van der Waals surface area contributed by atoms with Crippen LogP contribution in [-0.2, 0) is 20.9 Å². The Kier molecular flexibility index (Phi) is 6.75. The predicted molar refractivity (Wildman–Crippen MR) is 121 cm³/mol. The van der Waals surface area contributed by atoms with Gasteiger partial charge in [0.1, 0.15) is 11.4 Å². The van der Waals surface area contributed by atoms with Gasteiger partial charge in [-0.25, -0.2) is 4.79 Å². The summed E-state index contributed by atoms with van der Waals surface area (Å²) in [5.74, 6) is -0.204. The van der Waals surface area contributed by atoms with E-state index in [0.717, 1.165) is 16.9 Å². The number of carbonyl (C=O) groups is 2. The minimum atomic E-state index is -0.655. The van der Waals surface area contributed by atoms with E-state index in [1.807, 2.05) is 63.2 Å². The summed E-state index contributed by atoms with van der Waals surface area (Å²) in [5, 5.41) is 0.526. The number of allylic oxidation sites excluding steroid dienone is 1. The monoisotopic (exact) mass is 441 g/mol. The van der Waals surface area contributed by atoms with Gasteiger partial charge in [-0.05, 0) is 57.0 Å². The number of esters is 1. The number of ether oxygens (including phenoxy) is 2. The van der Waals surface area contributed by atoms with Gasteiger partial charge in [-0.1, -0.05) is 41.9 Å². The standard InChI is InChI=1S/C25H28ClNO4/c1-16-23(24(29)31-25(2,3)4)20(19-8-6-7-9-21(19)26)14-22(28)27(16)15-17-10-12-18(30-5)13-11-17/h6-13,20H,14-15H2,1-5H3/t20-/m1/s1. The van der Waals surface area contributed by atoms with E-state index in [0.29, 0.717) is 22.8 Å². The van der Waals surface area contributed by atoms with Gasteiger partial charge in [-0.15, -0.1) is 0 Å². The summed E-state index contributed by atoms with van der Waals surface area (Å²) in [6.07, 6.45) is 0.145. The van der Waals surface area contributed by atoms with Gasteiger partial charge in [0.2, 0.25) is 5.91 Å². The lowest BCUT2D eigenvalue weighted by Gasteiger charge is -2.35. The molecule has 0 saturated heterocycles. The first kappa shape index (κ1) is 22.9. The Bertz CT molecular complexity index is 1000. The minimum Gasteiger partial charge on any atom is -0.497 e. The van der Waals surface area contributed by atoms with Crippen LogP contribution in [0.1, 0.15) is 51.2 Å². The van der Waals surface area contributed by atoms with Crippen molar-refractivity contribution < 1.29 is 19.1 Å². The summed E-state index contributed by atoms with van der Waals surface area (Å²) < 4.78 is 10.9. The van der Waals surface area contributed by atoms with Crippen LogP contribution in [0.25, 0.3) is 0 Å². The second-order valence-electron chi connectivity index (χ2n) is 8.61. The molecule has 1 aliphatic rings. The minimum absolute atomic E-state index is 0.0643. The lowest BCUT2D eigenvalue weighted by atomic mass is 9.83. The van der Waals surface area contributed by atoms with Crippen molar-refractivity contribution in [3.8, 4) is 5.75 Å². The van der Waals surface area contributed by atoms with E-state index in [4.69, 9.17) is 21.1 Å². The summed E-state index contributed by atoms with van der Waals surface area (Å²) in [7, 11) is 1.61. The van der Waals surface area contributed by atoms with Crippen molar-refractivity contribution in [3.63, 3.8) is 0 Å². The highest BCUT2D eigenvalue weighted by atomic mass is 35.5. The van der Waals surface area contributed by atoms with Gasteiger partial charge in [0, 0.05) is 23.1 Å². The zero-order valence-electron chi connectivity index (χ0n) is 18.6. The molecule has 0 fully saturated rings. The first-order chi connectivity index (χ1) is 14.6. The largest absolute Gasteiger partial charge is 0.497 e. The van der Waals surface area contributed by atoms with E-state index < -0.39 is 17.5 Å². The normalized spacial score (nSPS) is 17.0. The molecule has 0 radical (unpaired) electrons. The first-order valence-corrected chi connectivity index (χ1v) is 10.6. The molecule has 1 aliphatic heterocycles. The highest BCUT2D eigenvalue weighted by Gasteiger charge is 2.38. The number of hydrogen-bond donors (Lipinski definition) is 0. The fourth-order valence-corrected chi connectivity index (χ4v) is 4.01. The molecule has 1 amide bonds. The summed E-state index contributed by atoms with van der Waals surface area (Å²) in [6, 6.07) is 14.8. The molecule has 0 aliphatic carbocycles. The predicted octanol–water partition coefficient (Wildman–Crippen LogP) is 5.48. The van der Waals surface area contributed by atoms with Gasteiger partial charge < -0.3 is 14.4 Å². The Morgan fingerprint density at radius 1 is 1.13 bits per heavy atom. The van der Waals surface area contributed by atoms with Crippen molar-refractivity contribution in [1.82, 2.24) is 4.90 Å². The topological polar surface area (TPSA) is 55.8 Å². The fourth-order valence-electron chi connectivity index (χ4n) is 3.74. The summed E-state index contributed by atoms with van der Waals surface area (Å²) in [5.41, 5.74) is 2.09. The molecule has 6 heteroatoms. The van der Waals surface area contributed by atoms with Crippen molar-refractivity contribution in [2.75, 3.05) is 7.11 Å². The number of hydrogen-bond acceptors (Lipinski definition) is 4. The molecule has 0 aromatic heterocycles. The van der Waals surface area contributed by atoms with Crippen molar-refractivity contribution in [2.24, 2.45) is 0 Å². The molecular weight excluding hydrogens is 414 g/mol. The van der Waals surface area contributed by atoms with Crippen LogP contribution >= 0.6 is 11.6 Å². The molecule has 0 N–H and O–H groups in total. The van der Waals surface area contributed by atoms with E-state index in [1.165, 1.54) is 0 Å². The average molecular weight is 442 g/mol. The third-order valence-corrected chi connectivity index (χ3v) is 5.57. The summed E-state index contributed by atoms with van der Waals surface area (Å²) in [6.45, 7) is 7.64. The molecule has 0 spiro atoms. The van der Waals surface area contributed by atoms with E-state index >= 15 is 0 Å². The third-order valence-electron chi connectivity index (χ3n) is 5.22. The zero-order valence-corrected chi connectivity index (χ0v) is 19.3. The fraction of sp³-hybridized carbons (Fsp3) is 0.360. The molecule has 1 atom stereocenters. The number of amides is 1. The highest BCUT2D eigenvalue weighted by molar-refractivity contribution is 6.31. The van der Waals surface area contributed by atoms with Gasteiger partial charge in [0.15, 0.2) is 0 Å². The molecule has 2 aromatic carbocycles.